The molecule has 9 nitrogen and oxygen atoms in total. The Balaban J connectivity index is 1.86. The second-order valence-corrected chi connectivity index (χ2v) is 6.16. The first-order chi connectivity index (χ1) is 13.5. The molecule has 1 atom stereocenters. The second kappa shape index (κ2) is 8.49. The van der Waals surface area contributed by atoms with Crippen molar-refractivity contribution in [2.75, 3.05) is 32.0 Å². The van der Waals surface area contributed by atoms with Crippen LogP contribution in [0.1, 0.15) is 22.0 Å². The Morgan fingerprint density at radius 2 is 1.82 bits per heavy atom. The van der Waals surface area contributed by atoms with Crippen LogP contribution in [0.15, 0.2) is 48.5 Å². The predicted molar refractivity (Wildman–Crippen MR) is 99.5 cm³/mol. The minimum atomic E-state index is -1.15. The largest absolute Gasteiger partial charge is 0.444 e. The summed E-state index contributed by atoms with van der Waals surface area (Å²) in [6.07, 6.45) is -1.15. The van der Waals surface area contributed by atoms with Gasteiger partial charge in [0.05, 0.1) is 29.4 Å². The summed E-state index contributed by atoms with van der Waals surface area (Å²) in [4.78, 5) is 37.4. The molecule has 28 heavy (non-hydrogen) atoms. The Morgan fingerprint density at radius 1 is 1.14 bits per heavy atom. The molecule has 0 spiro atoms. The molecule has 146 valence electrons. The zero-order chi connectivity index (χ0) is 20.1. The number of esters is 1. The molecule has 0 saturated carbocycles. The van der Waals surface area contributed by atoms with Crippen LogP contribution in [0, 0.1) is 10.1 Å². The molecule has 3 rings (SSSR count). The number of carbonyl (C=O) groups excluding carboxylic acids is 2. The highest BCUT2D eigenvalue weighted by Crippen LogP contribution is 2.26. The molecule has 1 aliphatic heterocycles. The number of nitro groups is 1. The van der Waals surface area contributed by atoms with Crippen LogP contribution in [0.25, 0.3) is 0 Å². The third-order valence-electron chi connectivity index (χ3n) is 4.34. The van der Waals surface area contributed by atoms with Crippen molar-refractivity contribution in [1.82, 2.24) is 4.90 Å². The standard InChI is InChI=1S/C19H19N3O6/c20-16-12-14(22(25)26)6-7-15(16)19(24)28-17(13-4-2-1-3-5-13)18(23)21-8-10-27-11-9-21/h1-7,12,17H,8-11,20H2/t17-/m0/s1. The minimum absolute atomic E-state index is 0.0405. The molecule has 0 unspecified atom stereocenters. The van der Waals surface area contributed by atoms with E-state index in [9.17, 15) is 19.7 Å². The van der Waals surface area contributed by atoms with E-state index < -0.39 is 17.0 Å². The highest BCUT2D eigenvalue weighted by molar-refractivity contribution is 5.97. The Hall–Kier alpha value is -3.46. The maximum absolute atomic E-state index is 13.0. The summed E-state index contributed by atoms with van der Waals surface area (Å²) in [7, 11) is 0. The molecule has 0 aromatic heterocycles. The molecule has 1 amide bonds. The zero-order valence-electron chi connectivity index (χ0n) is 14.9. The van der Waals surface area contributed by atoms with Crippen LogP contribution in [0.2, 0.25) is 0 Å². The number of anilines is 1. The van der Waals surface area contributed by atoms with Crippen LogP contribution in [-0.4, -0.2) is 48.0 Å². The van der Waals surface area contributed by atoms with Crippen molar-refractivity contribution >= 4 is 23.3 Å². The normalized spacial score (nSPS) is 14.9. The van der Waals surface area contributed by atoms with Crippen LogP contribution >= 0.6 is 0 Å². The van der Waals surface area contributed by atoms with Gasteiger partial charge in [-0.1, -0.05) is 30.3 Å². The number of benzene rings is 2. The van der Waals surface area contributed by atoms with E-state index in [-0.39, 0.29) is 22.8 Å². The summed E-state index contributed by atoms with van der Waals surface area (Å²) >= 11 is 0. The molecule has 0 aliphatic carbocycles. The van der Waals surface area contributed by atoms with Crippen molar-refractivity contribution < 1.29 is 24.0 Å². The molecule has 1 heterocycles. The van der Waals surface area contributed by atoms with Gasteiger partial charge in [-0.25, -0.2) is 4.79 Å². The van der Waals surface area contributed by atoms with E-state index in [0.717, 1.165) is 12.1 Å². The maximum atomic E-state index is 13.0. The lowest BCUT2D eigenvalue weighted by molar-refractivity contribution is -0.384. The van der Waals surface area contributed by atoms with Gasteiger partial charge < -0.3 is 20.1 Å². The number of nitrogen functional groups attached to an aromatic ring is 1. The van der Waals surface area contributed by atoms with Crippen molar-refractivity contribution in [3.05, 3.63) is 69.8 Å². The number of hydrogen-bond acceptors (Lipinski definition) is 7. The summed E-state index contributed by atoms with van der Waals surface area (Å²) in [6, 6.07) is 12.1. The molecule has 0 bridgehead atoms. The zero-order valence-corrected chi connectivity index (χ0v) is 14.9. The number of nitrogens with two attached hydrogens (primary N) is 1. The fourth-order valence-electron chi connectivity index (χ4n) is 2.86. The maximum Gasteiger partial charge on any atom is 0.341 e. The lowest BCUT2D eigenvalue weighted by Gasteiger charge is -2.30. The van der Waals surface area contributed by atoms with E-state index in [4.69, 9.17) is 15.2 Å². The molecule has 2 N–H and O–H groups in total. The smallest absolute Gasteiger partial charge is 0.341 e. The number of rotatable bonds is 5. The quantitative estimate of drug-likeness (QED) is 0.361. The molecule has 2 aromatic carbocycles. The van der Waals surface area contributed by atoms with Crippen molar-refractivity contribution in [2.45, 2.75) is 6.10 Å². The average Bonchev–Trinajstić information content (AvgIpc) is 2.72. The summed E-state index contributed by atoms with van der Waals surface area (Å²) in [6.45, 7) is 1.63. The Labute approximate surface area is 160 Å². The van der Waals surface area contributed by atoms with Crippen molar-refractivity contribution in [2.24, 2.45) is 0 Å². The fourth-order valence-corrected chi connectivity index (χ4v) is 2.86. The fraction of sp³-hybridized carbons (Fsp3) is 0.263. The minimum Gasteiger partial charge on any atom is -0.444 e. The first-order valence-electron chi connectivity index (χ1n) is 8.63. The van der Waals surface area contributed by atoms with Gasteiger partial charge in [-0.05, 0) is 6.07 Å². The van der Waals surface area contributed by atoms with E-state index >= 15 is 0 Å². The van der Waals surface area contributed by atoms with E-state index in [0.29, 0.717) is 31.9 Å². The lowest BCUT2D eigenvalue weighted by atomic mass is 10.1. The Kier molecular flexibility index (Phi) is 5.85. The number of non-ortho nitro benzene ring substituents is 1. The van der Waals surface area contributed by atoms with Gasteiger partial charge in [0.25, 0.3) is 11.6 Å². The Morgan fingerprint density at radius 3 is 2.43 bits per heavy atom. The third-order valence-corrected chi connectivity index (χ3v) is 4.34. The number of nitro benzene ring substituents is 1. The molecular formula is C19H19N3O6. The monoisotopic (exact) mass is 385 g/mol. The van der Waals surface area contributed by atoms with E-state index in [2.05, 4.69) is 0 Å². The van der Waals surface area contributed by atoms with E-state index in [1.165, 1.54) is 6.07 Å². The predicted octanol–water partition coefficient (Wildman–Crippen LogP) is 1.93. The molecule has 9 heteroatoms. The molecule has 1 saturated heterocycles. The number of nitrogens with zero attached hydrogens (tertiary/aromatic N) is 2. The van der Waals surface area contributed by atoms with Gasteiger partial charge >= 0.3 is 5.97 Å². The summed E-state index contributed by atoms with van der Waals surface area (Å²) < 4.78 is 10.8. The van der Waals surface area contributed by atoms with Gasteiger partial charge in [-0.3, -0.25) is 14.9 Å². The highest BCUT2D eigenvalue weighted by Gasteiger charge is 2.31. The third kappa shape index (κ3) is 4.26. The first kappa shape index (κ1) is 19.3. The summed E-state index contributed by atoms with van der Waals surface area (Å²) in [5.74, 6) is -1.19. The van der Waals surface area contributed by atoms with Gasteiger partial charge in [-0.2, -0.15) is 0 Å². The van der Waals surface area contributed by atoms with Gasteiger partial charge in [0.1, 0.15) is 0 Å². The summed E-state index contributed by atoms with van der Waals surface area (Å²) in [5, 5.41) is 10.8. The number of ether oxygens (including phenoxy) is 2. The molecule has 1 fully saturated rings. The number of amides is 1. The topological polar surface area (TPSA) is 125 Å². The van der Waals surface area contributed by atoms with Gasteiger partial charge in [-0.15, -0.1) is 0 Å². The number of carbonyl (C=O) groups is 2. The molecule has 1 aliphatic rings. The number of morpholine rings is 1. The lowest BCUT2D eigenvalue weighted by Crippen LogP contribution is -2.44. The first-order valence-corrected chi connectivity index (χ1v) is 8.63. The van der Waals surface area contributed by atoms with Crippen LogP contribution in [-0.2, 0) is 14.3 Å². The average molecular weight is 385 g/mol. The van der Waals surface area contributed by atoms with Crippen LogP contribution in [0.3, 0.4) is 0 Å². The highest BCUT2D eigenvalue weighted by atomic mass is 16.6. The molecule has 2 aromatic rings. The Bertz CT molecular complexity index is 880. The van der Waals surface area contributed by atoms with Crippen molar-refractivity contribution in [1.29, 1.82) is 0 Å². The van der Waals surface area contributed by atoms with Crippen molar-refractivity contribution in [3.63, 3.8) is 0 Å². The van der Waals surface area contributed by atoms with E-state index in [1.807, 2.05) is 0 Å². The van der Waals surface area contributed by atoms with Crippen LogP contribution in [0.4, 0.5) is 11.4 Å². The van der Waals surface area contributed by atoms with Gasteiger partial charge in [0.2, 0.25) is 6.10 Å². The number of hydrogen-bond donors (Lipinski definition) is 1. The van der Waals surface area contributed by atoms with Crippen LogP contribution < -0.4 is 5.73 Å². The second-order valence-electron chi connectivity index (χ2n) is 6.16. The van der Waals surface area contributed by atoms with Gasteiger partial charge in [0, 0.05) is 30.8 Å². The van der Waals surface area contributed by atoms with Crippen LogP contribution in [0.5, 0.6) is 0 Å². The molecule has 0 radical (unpaired) electrons. The van der Waals surface area contributed by atoms with Gasteiger partial charge in [0.15, 0.2) is 0 Å². The summed E-state index contributed by atoms with van der Waals surface area (Å²) in [5.41, 5.74) is 5.93. The van der Waals surface area contributed by atoms with E-state index in [1.54, 1.807) is 35.2 Å². The SMILES string of the molecule is Nc1cc([N+](=O)[O-])ccc1C(=O)O[C@H](C(=O)N1CCOCC1)c1ccccc1. The molecular weight excluding hydrogens is 366 g/mol. The van der Waals surface area contributed by atoms with Crippen molar-refractivity contribution in [3.8, 4) is 0 Å².